The van der Waals surface area contributed by atoms with Crippen LogP contribution in [0.15, 0.2) is 47.6 Å². The SMILES string of the molecule is CC(Sc1nnc(-c2ccccc2F)n1C1CC1)C(=O)Nc1ccc(Cl)cc1Cl. The number of anilines is 1. The van der Waals surface area contributed by atoms with Crippen molar-refractivity contribution in [2.45, 2.75) is 36.2 Å². The Morgan fingerprint density at radius 2 is 2.00 bits per heavy atom. The van der Waals surface area contributed by atoms with Gasteiger partial charge in [-0.25, -0.2) is 4.39 Å². The summed E-state index contributed by atoms with van der Waals surface area (Å²) >= 11 is 13.3. The van der Waals surface area contributed by atoms with Gasteiger partial charge in [-0.05, 0) is 50.1 Å². The zero-order valence-electron chi connectivity index (χ0n) is 15.4. The molecule has 5 nitrogen and oxygen atoms in total. The number of carbonyl (C=O) groups is 1. The standard InChI is InChI=1S/C20H17Cl2FN4OS/c1-11(19(28)24-17-9-6-12(21)10-15(17)22)29-20-26-25-18(27(20)13-7-8-13)14-4-2-3-5-16(14)23/h2-6,9-11,13H,7-8H2,1H3,(H,24,28). The molecule has 29 heavy (non-hydrogen) atoms. The Hall–Kier alpha value is -2.09. The fourth-order valence-electron chi connectivity index (χ4n) is 2.88. The van der Waals surface area contributed by atoms with Gasteiger partial charge >= 0.3 is 0 Å². The molecule has 150 valence electrons. The zero-order chi connectivity index (χ0) is 20.5. The molecule has 4 rings (SSSR count). The molecule has 1 fully saturated rings. The smallest absolute Gasteiger partial charge is 0.237 e. The Bertz CT molecular complexity index is 1070. The number of nitrogens with one attached hydrogen (secondary N) is 1. The van der Waals surface area contributed by atoms with Crippen molar-refractivity contribution in [3.63, 3.8) is 0 Å². The van der Waals surface area contributed by atoms with Crippen molar-refractivity contribution < 1.29 is 9.18 Å². The normalized spacial score (nSPS) is 14.6. The van der Waals surface area contributed by atoms with Crippen molar-refractivity contribution in [1.82, 2.24) is 14.8 Å². The summed E-state index contributed by atoms with van der Waals surface area (Å²) in [4.78, 5) is 12.6. The summed E-state index contributed by atoms with van der Waals surface area (Å²) < 4.78 is 16.2. The van der Waals surface area contributed by atoms with Gasteiger partial charge in [0.15, 0.2) is 11.0 Å². The van der Waals surface area contributed by atoms with E-state index in [9.17, 15) is 9.18 Å². The molecular weight excluding hydrogens is 434 g/mol. The summed E-state index contributed by atoms with van der Waals surface area (Å²) in [6.45, 7) is 1.78. The van der Waals surface area contributed by atoms with Crippen LogP contribution in [-0.4, -0.2) is 25.9 Å². The van der Waals surface area contributed by atoms with Gasteiger partial charge in [-0.2, -0.15) is 0 Å². The highest BCUT2D eigenvalue weighted by molar-refractivity contribution is 8.00. The minimum atomic E-state index is -0.461. The third-order valence-electron chi connectivity index (χ3n) is 4.53. The van der Waals surface area contributed by atoms with Crippen LogP contribution in [-0.2, 0) is 4.79 Å². The number of carbonyl (C=O) groups excluding carboxylic acids is 1. The second-order valence-electron chi connectivity index (χ2n) is 6.76. The predicted octanol–water partition coefficient (Wildman–Crippen LogP) is 5.85. The molecular formula is C20H17Cl2FN4OS. The minimum absolute atomic E-state index is 0.225. The zero-order valence-corrected chi connectivity index (χ0v) is 17.7. The summed E-state index contributed by atoms with van der Waals surface area (Å²) in [7, 11) is 0. The topological polar surface area (TPSA) is 59.8 Å². The van der Waals surface area contributed by atoms with E-state index in [-0.39, 0.29) is 17.8 Å². The maximum atomic E-state index is 14.3. The van der Waals surface area contributed by atoms with Gasteiger partial charge in [0, 0.05) is 11.1 Å². The van der Waals surface area contributed by atoms with Gasteiger partial charge in [0.25, 0.3) is 0 Å². The van der Waals surface area contributed by atoms with Gasteiger partial charge in [-0.15, -0.1) is 10.2 Å². The molecule has 9 heteroatoms. The van der Waals surface area contributed by atoms with E-state index in [1.165, 1.54) is 17.8 Å². The van der Waals surface area contributed by atoms with Gasteiger partial charge in [0.1, 0.15) is 5.82 Å². The Labute approximate surface area is 181 Å². The Morgan fingerprint density at radius 3 is 2.69 bits per heavy atom. The average molecular weight is 451 g/mol. The third kappa shape index (κ3) is 4.42. The summed E-state index contributed by atoms with van der Waals surface area (Å²) in [6, 6.07) is 11.6. The lowest BCUT2D eigenvalue weighted by molar-refractivity contribution is -0.115. The molecule has 0 aliphatic heterocycles. The fraction of sp³-hybridized carbons (Fsp3) is 0.250. The molecule has 1 aromatic heterocycles. The van der Waals surface area contributed by atoms with Crippen LogP contribution in [0.25, 0.3) is 11.4 Å². The molecule has 0 saturated heterocycles. The largest absolute Gasteiger partial charge is 0.324 e. The molecule has 1 atom stereocenters. The second-order valence-corrected chi connectivity index (χ2v) is 8.91. The Balaban J connectivity index is 1.55. The van der Waals surface area contributed by atoms with E-state index >= 15 is 0 Å². The van der Waals surface area contributed by atoms with Gasteiger partial charge < -0.3 is 5.32 Å². The fourth-order valence-corrected chi connectivity index (χ4v) is 4.26. The molecule has 0 bridgehead atoms. The lowest BCUT2D eigenvalue weighted by Crippen LogP contribution is -2.23. The monoisotopic (exact) mass is 450 g/mol. The lowest BCUT2D eigenvalue weighted by atomic mass is 10.2. The lowest BCUT2D eigenvalue weighted by Gasteiger charge is -2.14. The number of hydrogen-bond donors (Lipinski definition) is 1. The maximum absolute atomic E-state index is 14.3. The van der Waals surface area contributed by atoms with Crippen LogP contribution in [0, 0.1) is 5.82 Å². The number of nitrogens with zero attached hydrogens (tertiary/aromatic N) is 3. The van der Waals surface area contributed by atoms with E-state index in [0.717, 1.165) is 12.8 Å². The molecule has 2 aromatic carbocycles. The third-order valence-corrected chi connectivity index (χ3v) is 6.14. The number of benzene rings is 2. The molecule has 3 aromatic rings. The Morgan fingerprint density at radius 1 is 1.24 bits per heavy atom. The number of amides is 1. The molecule has 1 unspecified atom stereocenters. The summed E-state index contributed by atoms with van der Waals surface area (Å²) in [5.41, 5.74) is 0.896. The molecule has 1 aliphatic rings. The summed E-state index contributed by atoms with van der Waals surface area (Å²) in [6.07, 6.45) is 1.96. The molecule has 1 aliphatic carbocycles. The van der Waals surface area contributed by atoms with Crippen molar-refractivity contribution in [1.29, 1.82) is 0 Å². The van der Waals surface area contributed by atoms with Gasteiger partial charge in [-0.1, -0.05) is 47.1 Å². The molecule has 1 N–H and O–H groups in total. The number of halogens is 3. The highest BCUT2D eigenvalue weighted by Gasteiger charge is 2.32. The molecule has 1 amide bonds. The second kappa shape index (κ2) is 8.34. The van der Waals surface area contributed by atoms with Crippen LogP contribution in [0.5, 0.6) is 0 Å². The highest BCUT2D eigenvalue weighted by atomic mass is 35.5. The van der Waals surface area contributed by atoms with E-state index < -0.39 is 5.25 Å². The Kier molecular flexibility index (Phi) is 5.81. The van der Waals surface area contributed by atoms with Crippen LogP contribution in [0.1, 0.15) is 25.8 Å². The van der Waals surface area contributed by atoms with Crippen LogP contribution in [0.2, 0.25) is 10.0 Å². The average Bonchev–Trinajstić information content (AvgIpc) is 3.45. The first-order valence-electron chi connectivity index (χ1n) is 9.06. The molecule has 0 radical (unpaired) electrons. The van der Waals surface area contributed by atoms with Crippen molar-refractivity contribution >= 4 is 46.6 Å². The highest BCUT2D eigenvalue weighted by Crippen LogP contribution is 2.42. The van der Waals surface area contributed by atoms with E-state index in [2.05, 4.69) is 15.5 Å². The van der Waals surface area contributed by atoms with Crippen molar-refractivity contribution in [3.05, 3.63) is 58.3 Å². The first kappa shape index (κ1) is 20.2. The molecule has 0 spiro atoms. The van der Waals surface area contributed by atoms with Crippen LogP contribution in [0.4, 0.5) is 10.1 Å². The maximum Gasteiger partial charge on any atom is 0.237 e. The van der Waals surface area contributed by atoms with E-state index in [1.807, 2.05) is 4.57 Å². The molecule has 1 heterocycles. The van der Waals surface area contributed by atoms with Crippen molar-refractivity contribution in [2.24, 2.45) is 0 Å². The first-order valence-corrected chi connectivity index (χ1v) is 10.7. The van der Waals surface area contributed by atoms with Gasteiger partial charge in [0.2, 0.25) is 5.91 Å². The van der Waals surface area contributed by atoms with Crippen LogP contribution >= 0.6 is 35.0 Å². The van der Waals surface area contributed by atoms with E-state index in [0.29, 0.717) is 32.3 Å². The molecule has 1 saturated carbocycles. The van der Waals surface area contributed by atoms with E-state index in [4.69, 9.17) is 23.2 Å². The van der Waals surface area contributed by atoms with Crippen molar-refractivity contribution in [3.8, 4) is 11.4 Å². The number of hydrogen-bond acceptors (Lipinski definition) is 4. The summed E-state index contributed by atoms with van der Waals surface area (Å²) in [5.74, 6) is -0.0833. The minimum Gasteiger partial charge on any atom is -0.324 e. The first-order chi connectivity index (χ1) is 13.9. The van der Waals surface area contributed by atoms with Gasteiger partial charge in [-0.3, -0.25) is 9.36 Å². The number of aromatic nitrogens is 3. The van der Waals surface area contributed by atoms with E-state index in [1.54, 1.807) is 43.3 Å². The quantitative estimate of drug-likeness (QED) is 0.478. The van der Waals surface area contributed by atoms with Crippen molar-refractivity contribution in [2.75, 3.05) is 5.32 Å². The number of thioether (sulfide) groups is 1. The predicted molar refractivity (Wildman–Crippen MR) is 114 cm³/mol. The van der Waals surface area contributed by atoms with Crippen LogP contribution < -0.4 is 5.32 Å². The van der Waals surface area contributed by atoms with Gasteiger partial charge in [0.05, 0.1) is 21.5 Å². The summed E-state index contributed by atoms with van der Waals surface area (Å²) in [5, 5.41) is 12.2. The van der Waals surface area contributed by atoms with Crippen LogP contribution in [0.3, 0.4) is 0 Å². The number of rotatable bonds is 6.